The van der Waals surface area contributed by atoms with Crippen LogP contribution in [0.5, 0.6) is 0 Å². The minimum absolute atomic E-state index is 0.0617. The fourth-order valence-corrected chi connectivity index (χ4v) is 2.82. The van der Waals surface area contributed by atoms with E-state index in [1.807, 2.05) is 0 Å². The highest BCUT2D eigenvalue weighted by molar-refractivity contribution is 6.30. The first-order valence-corrected chi connectivity index (χ1v) is 7.54. The number of carbonyl (C=O) groups excluding carboxylic acids is 1. The SMILES string of the molecule is O=C(Cc1ccc(Cl)cn1)NC1(C(=O)O)CCCCCC1. The summed E-state index contributed by atoms with van der Waals surface area (Å²) < 4.78 is 0. The lowest BCUT2D eigenvalue weighted by Gasteiger charge is -2.29. The smallest absolute Gasteiger partial charge is 0.329 e. The van der Waals surface area contributed by atoms with Gasteiger partial charge in [-0.05, 0) is 25.0 Å². The molecule has 1 fully saturated rings. The van der Waals surface area contributed by atoms with Gasteiger partial charge in [0.15, 0.2) is 0 Å². The van der Waals surface area contributed by atoms with Crippen molar-refractivity contribution in [2.75, 3.05) is 0 Å². The molecule has 21 heavy (non-hydrogen) atoms. The Morgan fingerprint density at radius 2 is 1.90 bits per heavy atom. The number of nitrogens with zero attached hydrogens (tertiary/aromatic N) is 1. The van der Waals surface area contributed by atoms with E-state index in [0.717, 1.165) is 25.7 Å². The summed E-state index contributed by atoms with van der Waals surface area (Å²) in [6, 6.07) is 3.33. The second kappa shape index (κ2) is 6.89. The molecule has 1 saturated carbocycles. The van der Waals surface area contributed by atoms with Crippen LogP contribution in [0, 0.1) is 0 Å². The fraction of sp³-hybridized carbons (Fsp3) is 0.533. The molecule has 0 radical (unpaired) electrons. The van der Waals surface area contributed by atoms with E-state index in [1.54, 1.807) is 12.1 Å². The maximum absolute atomic E-state index is 12.1. The van der Waals surface area contributed by atoms with Gasteiger partial charge in [0.2, 0.25) is 5.91 Å². The molecule has 1 aromatic heterocycles. The molecule has 0 aromatic carbocycles. The number of aromatic nitrogens is 1. The van der Waals surface area contributed by atoms with Gasteiger partial charge in [0.1, 0.15) is 5.54 Å². The number of nitrogens with one attached hydrogen (secondary N) is 1. The van der Waals surface area contributed by atoms with Crippen molar-refractivity contribution in [2.45, 2.75) is 50.5 Å². The van der Waals surface area contributed by atoms with Crippen molar-refractivity contribution in [3.05, 3.63) is 29.0 Å². The summed E-state index contributed by atoms with van der Waals surface area (Å²) in [6.45, 7) is 0. The quantitative estimate of drug-likeness (QED) is 0.838. The summed E-state index contributed by atoms with van der Waals surface area (Å²) >= 11 is 5.74. The fourth-order valence-electron chi connectivity index (χ4n) is 2.71. The molecule has 2 N–H and O–H groups in total. The normalized spacial score (nSPS) is 17.8. The molecule has 0 bridgehead atoms. The van der Waals surface area contributed by atoms with Crippen LogP contribution in [0.1, 0.15) is 44.2 Å². The first-order chi connectivity index (χ1) is 10.0. The van der Waals surface area contributed by atoms with E-state index in [-0.39, 0.29) is 12.3 Å². The van der Waals surface area contributed by atoms with Crippen molar-refractivity contribution in [2.24, 2.45) is 0 Å². The number of hydrogen-bond donors (Lipinski definition) is 2. The maximum Gasteiger partial charge on any atom is 0.329 e. The van der Waals surface area contributed by atoms with Crippen LogP contribution in [0.25, 0.3) is 0 Å². The van der Waals surface area contributed by atoms with E-state index in [2.05, 4.69) is 10.3 Å². The Hall–Kier alpha value is -1.62. The number of halogens is 1. The molecule has 6 heteroatoms. The number of amides is 1. The molecular formula is C15H19ClN2O3. The van der Waals surface area contributed by atoms with Crippen molar-refractivity contribution in [1.29, 1.82) is 0 Å². The topological polar surface area (TPSA) is 79.3 Å². The van der Waals surface area contributed by atoms with E-state index in [1.165, 1.54) is 6.20 Å². The summed E-state index contributed by atoms with van der Waals surface area (Å²) in [4.78, 5) is 27.8. The van der Waals surface area contributed by atoms with Gasteiger partial charge in [-0.3, -0.25) is 9.78 Å². The van der Waals surface area contributed by atoms with Crippen LogP contribution >= 0.6 is 11.6 Å². The zero-order valence-electron chi connectivity index (χ0n) is 11.8. The summed E-state index contributed by atoms with van der Waals surface area (Å²) in [7, 11) is 0. The predicted molar refractivity (Wildman–Crippen MR) is 79.2 cm³/mol. The highest BCUT2D eigenvalue weighted by Gasteiger charge is 2.39. The number of rotatable bonds is 4. The Labute approximate surface area is 128 Å². The third-order valence-corrected chi connectivity index (χ3v) is 4.10. The standard InChI is InChI=1S/C15H19ClN2O3/c16-11-5-6-12(17-10-11)9-13(19)18-15(14(20)21)7-3-1-2-4-8-15/h5-6,10H,1-4,7-9H2,(H,18,19)(H,20,21). The zero-order valence-corrected chi connectivity index (χ0v) is 12.5. The van der Waals surface area contributed by atoms with Crippen LogP contribution < -0.4 is 5.32 Å². The second-order valence-electron chi connectivity index (χ2n) is 5.49. The molecule has 0 aliphatic heterocycles. The molecule has 1 heterocycles. The molecule has 2 rings (SSSR count). The van der Waals surface area contributed by atoms with Gasteiger partial charge in [0.05, 0.1) is 11.4 Å². The highest BCUT2D eigenvalue weighted by Crippen LogP contribution is 2.27. The number of carboxylic acid groups (broad SMARTS) is 1. The van der Waals surface area contributed by atoms with E-state index < -0.39 is 11.5 Å². The Kier molecular flexibility index (Phi) is 5.17. The molecule has 0 atom stereocenters. The lowest BCUT2D eigenvalue weighted by molar-refractivity contribution is -0.148. The van der Waals surface area contributed by atoms with E-state index in [4.69, 9.17) is 11.6 Å². The monoisotopic (exact) mass is 310 g/mol. The molecule has 1 aromatic rings. The molecule has 0 unspecified atom stereocenters. The van der Waals surface area contributed by atoms with E-state index in [9.17, 15) is 14.7 Å². The molecule has 0 saturated heterocycles. The molecule has 114 valence electrons. The van der Waals surface area contributed by atoms with E-state index >= 15 is 0 Å². The Morgan fingerprint density at radius 3 is 2.43 bits per heavy atom. The lowest BCUT2D eigenvalue weighted by Crippen LogP contribution is -2.54. The van der Waals surface area contributed by atoms with Gasteiger partial charge in [0, 0.05) is 11.9 Å². The van der Waals surface area contributed by atoms with E-state index in [0.29, 0.717) is 23.6 Å². The number of hydrogen-bond acceptors (Lipinski definition) is 3. The number of pyridine rings is 1. The molecule has 5 nitrogen and oxygen atoms in total. The Morgan fingerprint density at radius 1 is 1.24 bits per heavy atom. The van der Waals surface area contributed by atoms with Gasteiger partial charge in [0.25, 0.3) is 0 Å². The summed E-state index contributed by atoms with van der Waals surface area (Å²) in [5.41, 5.74) is -0.550. The molecule has 1 amide bonds. The minimum Gasteiger partial charge on any atom is -0.480 e. The van der Waals surface area contributed by atoms with Crippen molar-refractivity contribution >= 4 is 23.5 Å². The van der Waals surface area contributed by atoms with Gasteiger partial charge < -0.3 is 10.4 Å². The predicted octanol–water partition coefficient (Wildman–Crippen LogP) is 2.57. The maximum atomic E-state index is 12.1. The summed E-state index contributed by atoms with van der Waals surface area (Å²) in [6.07, 6.45) is 6.20. The van der Waals surface area contributed by atoms with Crippen LogP contribution in [-0.2, 0) is 16.0 Å². The molecule has 1 aliphatic rings. The van der Waals surface area contributed by atoms with Crippen LogP contribution in [0.4, 0.5) is 0 Å². The van der Waals surface area contributed by atoms with Crippen LogP contribution in [0.15, 0.2) is 18.3 Å². The Bertz CT molecular complexity index is 508. The molecule has 0 spiro atoms. The average Bonchev–Trinajstić information content (AvgIpc) is 2.68. The summed E-state index contributed by atoms with van der Waals surface area (Å²) in [5, 5.41) is 12.7. The largest absolute Gasteiger partial charge is 0.480 e. The lowest BCUT2D eigenvalue weighted by atomic mass is 9.90. The van der Waals surface area contributed by atoms with Gasteiger partial charge in [-0.25, -0.2) is 4.79 Å². The van der Waals surface area contributed by atoms with Gasteiger partial charge in [-0.1, -0.05) is 37.3 Å². The summed E-state index contributed by atoms with van der Waals surface area (Å²) in [5.74, 6) is -1.25. The molecule has 1 aliphatic carbocycles. The van der Waals surface area contributed by atoms with Crippen molar-refractivity contribution in [3.8, 4) is 0 Å². The van der Waals surface area contributed by atoms with Crippen molar-refractivity contribution < 1.29 is 14.7 Å². The van der Waals surface area contributed by atoms with Crippen molar-refractivity contribution in [3.63, 3.8) is 0 Å². The van der Waals surface area contributed by atoms with Crippen LogP contribution in [-0.4, -0.2) is 27.5 Å². The van der Waals surface area contributed by atoms with Crippen molar-refractivity contribution in [1.82, 2.24) is 10.3 Å². The van der Waals surface area contributed by atoms with Gasteiger partial charge in [-0.15, -0.1) is 0 Å². The first kappa shape index (κ1) is 15.8. The van der Waals surface area contributed by atoms with Gasteiger partial charge in [-0.2, -0.15) is 0 Å². The number of carbonyl (C=O) groups is 2. The third kappa shape index (κ3) is 4.17. The Balaban J connectivity index is 2.04. The highest BCUT2D eigenvalue weighted by atomic mass is 35.5. The minimum atomic E-state index is -1.12. The van der Waals surface area contributed by atoms with Crippen LogP contribution in [0.2, 0.25) is 5.02 Å². The second-order valence-corrected chi connectivity index (χ2v) is 5.93. The third-order valence-electron chi connectivity index (χ3n) is 3.88. The zero-order chi connectivity index (χ0) is 15.3. The first-order valence-electron chi connectivity index (χ1n) is 7.17. The molecular weight excluding hydrogens is 292 g/mol. The average molecular weight is 311 g/mol. The van der Waals surface area contributed by atoms with Crippen LogP contribution in [0.3, 0.4) is 0 Å². The number of carboxylic acids is 1. The number of aliphatic carboxylic acids is 1. The van der Waals surface area contributed by atoms with Gasteiger partial charge >= 0.3 is 5.97 Å².